The zero-order valence-corrected chi connectivity index (χ0v) is 16.9. The summed E-state index contributed by atoms with van der Waals surface area (Å²) in [7, 11) is 0. The molecule has 5 N–H and O–H groups in total. The lowest BCUT2D eigenvalue weighted by atomic mass is 10.0. The van der Waals surface area contributed by atoms with Crippen molar-refractivity contribution >= 4 is 48.1 Å². The minimum Gasteiger partial charge on any atom is -0.369 e. The van der Waals surface area contributed by atoms with Gasteiger partial charge in [0.05, 0.1) is 23.1 Å². The molecule has 8 heteroatoms. The van der Waals surface area contributed by atoms with E-state index in [0.717, 1.165) is 27.9 Å². The average Bonchev–Trinajstić information content (AvgIpc) is 2.70. The summed E-state index contributed by atoms with van der Waals surface area (Å²) in [4.78, 5) is 0. The van der Waals surface area contributed by atoms with Crippen molar-refractivity contribution in [3.8, 4) is 11.1 Å². The quantitative estimate of drug-likeness (QED) is 0.307. The fourth-order valence-electron chi connectivity index (χ4n) is 2.41. The Kier molecular flexibility index (Phi) is 8.21. The predicted molar refractivity (Wildman–Crippen MR) is 125 cm³/mol. The molecule has 0 unspecified atom stereocenters. The first-order valence-corrected chi connectivity index (χ1v) is 8.86. The molecule has 0 radical (unpaired) electrons. The van der Waals surface area contributed by atoms with Gasteiger partial charge in [-0.15, -0.1) is 17.5 Å². The maximum atomic E-state index is 6.09. The van der Waals surface area contributed by atoms with Crippen molar-refractivity contribution in [3.05, 3.63) is 88.9 Å². The summed E-state index contributed by atoms with van der Waals surface area (Å²) in [5.74, 6) is -0.0708. The zero-order chi connectivity index (χ0) is 19.8. The summed E-state index contributed by atoms with van der Waals surface area (Å²) in [6, 6.07) is 23.5. The third-order valence-electron chi connectivity index (χ3n) is 3.81. The largest absolute Gasteiger partial charge is 0.369 e. The molecule has 0 spiro atoms. The van der Waals surface area contributed by atoms with Crippen LogP contribution in [0.4, 0.5) is 5.69 Å². The number of guanidine groups is 1. The van der Waals surface area contributed by atoms with E-state index in [2.05, 4.69) is 20.7 Å². The molecule has 3 rings (SSSR count). The van der Waals surface area contributed by atoms with Gasteiger partial charge in [0.15, 0.2) is 0 Å². The van der Waals surface area contributed by atoms with Gasteiger partial charge in [-0.1, -0.05) is 72.3 Å². The Bertz CT molecular complexity index is 1010. The summed E-state index contributed by atoms with van der Waals surface area (Å²) in [6.07, 6.45) is 3.34. The van der Waals surface area contributed by atoms with Gasteiger partial charge in [-0.2, -0.15) is 10.2 Å². The second-order valence-electron chi connectivity index (χ2n) is 5.86. The van der Waals surface area contributed by atoms with E-state index in [1.165, 1.54) is 0 Å². The monoisotopic (exact) mass is 426 g/mol. The van der Waals surface area contributed by atoms with Crippen molar-refractivity contribution < 1.29 is 0 Å². The number of benzene rings is 3. The van der Waals surface area contributed by atoms with Crippen LogP contribution in [-0.2, 0) is 0 Å². The Morgan fingerprint density at radius 1 is 0.793 bits per heavy atom. The Hall–Kier alpha value is -3.35. The van der Waals surface area contributed by atoms with Gasteiger partial charge < -0.3 is 11.5 Å². The third-order valence-corrected chi connectivity index (χ3v) is 4.14. The second-order valence-corrected chi connectivity index (χ2v) is 6.27. The molecule has 0 atom stereocenters. The van der Waals surface area contributed by atoms with Crippen LogP contribution in [0, 0.1) is 0 Å². The van der Waals surface area contributed by atoms with Crippen LogP contribution in [0.3, 0.4) is 0 Å². The van der Waals surface area contributed by atoms with Crippen molar-refractivity contribution in [3.63, 3.8) is 0 Å². The Labute approximate surface area is 180 Å². The Morgan fingerprint density at radius 3 is 1.90 bits per heavy atom. The van der Waals surface area contributed by atoms with Crippen molar-refractivity contribution in [2.45, 2.75) is 0 Å². The lowest BCUT2D eigenvalue weighted by Crippen LogP contribution is -2.21. The molecule has 3 aromatic carbocycles. The molecule has 0 aliphatic carbocycles. The van der Waals surface area contributed by atoms with Crippen molar-refractivity contribution in [1.29, 1.82) is 0 Å². The zero-order valence-electron chi connectivity index (χ0n) is 15.4. The summed E-state index contributed by atoms with van der Waals surface area (Å²) < 4.78 is 0. The summed E-state index contributed by atoms with van der Waals surface area (Å²) in [5, 5.41) is 12.2. The van der Waals surface area contributed by atoms with Crippen molar-refractivity contribution in [2.75, 3.05) is 5.43 Å². The van der Waals surface area contributed by atoms with Gasteiger partial charge in [0.2, 0.25) is 5.96 Å². The minimum absolute atomic E-state index is 0. The number of para-hydroxylation sites is 1. The molecule has 6 nitrogen and oxygen atoms in total. The number of anilines is 1. The average molecular weight is 427 g/mol. The van der Waals surface area contributed by atoms with Gasteiger partial charge in [0.25, 0.3) is 0 Å². The normalized spacial score (nSPS) is 10.7. The molecule has 0 aromatic heterocycles. The first-order chi connectivity index (χ1) is 13.6. The van der Waals surface area contributed by atoms with Crippen LogP contribution in [-0.4, -0.2) is 18.4 Å². The molecule has 0 aliphatic rings. The summed E-state index contributed by atoms with van der Waals surface area (Å²) >= 11 is 6.09. The van der Waals surface area contributed by atoms with E-state index in [1.807, 2.05) is 72.8 Å². The maximum absolute atomic E-state index is 6.09. The number of hydrogen-bond acceptors (Lipinski definition) is 4. The molecule has 0 aliphatic heterocycles. The molecular weight excluding hydrogens is 407 g/mol. The van der Waals surface area contributed by atoms with Crippen LogP contribution in [0.1, 0.15) is 11.1 Å². The van der Waals surface area contributed by atoms with Crippen LogP contribution >= 0.6 is 24.0 Å². The maximum Gasteiger partial charge on any atom is 0.211 e. The highest BCUT2D eigenvalue weighted by Crippen LogP contribution is 2.21. The van der Waals surface area contributed by atoms with Crippen molar-refractivity contribution in [1.82, 2.24) is 0 Å². The van der Waals surface area contributed by atoms with E-state index in [1.54, 1.807) is 12.4 Å². The van der Waals surface area contributed by atoms with Crippen LogP contribution in [0.15, 0.2) is 88.1 Å². The van der Waals surface area contributed by atoms with Crippen LogP contribution in [0.2, 0.25) is 5.02 Å². The lowest BCUT2D eigenvalue weighted by Gasteiger charge is -2.04. The molecule has 0 bridgehead atoms. The molecule has 148 valence electrons. The molecule has 0 saturated carbocycles. The lowest BCUT2D eigenvalue weighted by molar-refractivity contribution is 1.21. The van der Waals surface area contributed by atoms with Crippen LogP contribution in [0.25, 0.3) is 11.1 Å². The number of rotatable bonds is 6. The number of nitrogens with two attached hydrogens (primary N) is 2. The van der Waals surface area contributed by atoms with Gasteiger partial charge in [-0.05, 0) is 34.4 Å². The van der Waals surface area contributed by atoms with Gasteiger partial charge in [0.1, 0.15) is 0 Å². The third kappa shape index (κ3) is 6.64. The van der Waals surface area contributed by atoms with Gasteiger partial charge in [0, 0.05) is 0 Å². The van der Waals surface area contributed by atoms with Gasteiger partial charge in [-0.25, -0.2) is 0 Å². The van der Waals surface area contributed by atoms with E-state index in [9.17, 15) is 0 Å². The highest BCUT2D eigenvalue weighted by Gasteiger charge is 1.99. The number of nitrogens with zero attached hydrogens (tertiary/aromatic N) is 3. The summed E-state index contributed by atoms with van der Waals surface area (Å²) in [6.45, 7) is 0. The molecule has 0 fully saturated rings. The van der Waals surface area contributed by atoms with Crippen LogP contribution in [0.5, 0.6) is 0 Å². The smallest absolute Gasteiger partial charge is 0.211 e. The molecule has 3 aromatic rings. The Morgan fingerprint density at radius 2 is 1.34 bits per heavy atom. The highest BCUT2D eigenvalue weighted by atomic mass is 35.5. The second kappa shape index (κ2) is 10.8. The fourth-order valence-corrected chi connectivity index (χ4v) is 2.59. The number of hydrazone groups is 1. The summed E-state index contributed by atoms with van der Waals surface area (Å²) in [5.41, 5.74) is 18.2. The number of nitrogens with one attached hydrogen (secondary N) is 1. The van der Waals surface area contributed by atoms with Gasteiger partial charge >= 0.3 is 0 Å². The fraction of sp³-hybridized carbons (Fsp3) is 0. The molecule has 0 heterocycles. The van der Waals surface area contributed by atoms with E-state index < -0.39 is 0 Å². The highest BCUT2D eigenvalue weighted by molar-refractivity contribution is 6.33. The molecule has 0 amide bonds. The van der Waals surface area contributed by atoms with E-state index in [0.29, 0.717) is 5.02 Å². The first kappa shape index (κ1) is 21.9. The number of hydrogen-bond donors (Lipinski definition) is 3. The van der Waals surface area contributed by atoms with Crippen LogP contribution < -0.4 is 16.9 Å². The number of halogens is 2. The SMILES string of the molecule is Cl.NC(N)=N/N=C/c1ccc(-c2ccc(/C=N/Nc3ccccc3Cl)cc2)cc1. The topological polar surface area (TPSA) is 101 Å². The molecule has 0 saturated heterocycles. The molecule has 29 heavy (non-hydrogen) atoms. The standard InChI is InChI=1S/C21H19ClN6.ClH/c22-19-3-1-2-4-20(19)27-25-13-15-5-9-17(10-6-15)18-11-7-16(8-12-18)14-26-28-21(23)24;/h1-14,27H,(H4,23,24,28);1H/b25-13+,26-14+;. The van der Waals surface area contributed by atoms with E-state index in [-0.39, 0.29) is 18.4 Å². The first-order valence-electron chi connectivity index (χ1n) is 8.48. The minimum atomic E-state index is -0.0708. The Balaban J connectivity index is 0.00000300. The predicted octanol–water partition coefficient (Wildman–Crippen LogP) is 4.48. The van der Waals surface area contributed by atoms with E-state index >= 15 is 0 Å². The molecular formula is C21H20Cl2N6. The van der Waals surface area contributed by atoms with E-state index in [4.69, 9.17) is 23.1 Å². The van der Waals surface area contributed by atoms with Crippen molar-refractivity contribution in [2.24, 2.45) is 26.8 Å². The van der Waals surface area contributed by atoms with Gasteiger partial charge in [-0.3, -0.25) is 5.43 Å².